The topological polar surface area (TPSA) is 69.7 Å². The number of aryl methyl sites for hydroxylation is 1. The van der Waals surface area contributed by atoms with Crippen molar-refractivity contribution in [2.24, 2.45) is 0 Å². The summed E-state index contributed by atoms with van der Waals surface area (Å²) in [6.07, 6.45) is 0. The van der Waals surface area contributed by atoms with Crippen molar-refractivity contribution in [3.8, 4) is 0 Å². The van der Waals surface area contributed by atoms with Crippen molar-refractivity contribution >= 4 is 38.9 Å². The zero-order valence-corrected chi connectivity index (χ0v) is 19.8. The number of carbonyl (C=O) groups excluding carboxylic acids is 1. The van der Waals surface area contributed by atoms with E-state index in [4.69, 9.17) is 11.6 Å². The van der Waals surface area contributed by atoms with Crippen LogP contribution < -0.4 is 10.2 Å². The second-order valence-corrected chi connectivity index (χ2v) is 10.3. The van der Waals surface area contributed by atoms with Crippen LogP contribution in [0.1, 0.15) is 15.9 Å². The number of nitrogens with zero attached hydrogens (tertiary/aromatic N) is 2. The average Bonchev–Trinajstić information content (AvgIpc) is 2.82. The van der Waals surface area contributed by atoms with Crippen LogP contribution in [-0.4, -0.2) is 44.8 Å². The Kier molecular flexibility index (Phi) is 6.88. The van der Waals surface area contributed by atoms with Gasteiger partial charge in [-0.2, -0.15) is 4.31 Å². The Morgan fingerprint density at radius 2 is 1.65 bits per heavy atom. The van der Waals surface area contributed by atoms with Crippen LogP contribution >= 0.6 is 11.6 Å². The first-order valence-corrected chi connectivity index (χ1v) is 12.4. The van der Waals surface area contributed by atoms with Gasteiger partial charge in [-0.3, -0.25) is 4.79 Å². The third-order valence-electron chi connectivity index (χ3n) is 5.70. The van der Waals surface area contributed by atoms with Crippen LogP contribution in [0.5, 0.6) is 0 Å². The summed E-state index contributed by atoms with van der Waals surface area (Å²) >= 11 is 6.11. The number of rotatable bonds is 5. The predicted molar refractivity (Wildman–Crippen MR) is 128 cm³/mol. The number of sulfonamides is 1. The van der Waals surface area contributed by atoms with Gasteiger partial charge in [0.1, 0.15) is 11.6 Å². The zero-order chi connectivity index (χ0) is 24.5. The number of hydrogen-bond donors (Lipinski definition) is 1. The van der Waals surface area contributed by atoms with E-state index in [1.165, 1.54) is 28.6 Å². The minimum Gasteiger partial charge on any atom is -0.369 e. The van der Waals surface area contributed by atoms with Crippen LogP contribution in [0.3, 0.4) is 0 Å². The van der Waals surface area contributed by atoms with Gasteiger partial charge in [0.15, 0.2) is 0 Å². The van der Waals surface area contributed by atoms with Gasteiger partial charge in [0.2, 0.25) is 10.0 Å². The highest BCUT2D eigenvalue weighted by molar-refractivity contribution is 7.89. The lowest BCUT2D eigenvalue weighted by molar-refractivity contribution is 0.102. The summed E-state index contributed by atoms with van der Waals surface area (Å²) in [4.78, 5) is 14.1. The Labute approximate surface area is 201 Å². The maximum atomic E-state index is 14.7. The van der Waals surface area contributed by atoms with Gasteiger partial charge in [0, 0.05) is 36.9 Å². The fourth-order valence-corrected chi connectivity index (χ4v) is 5.44. The molecule has 1 N–H and O–H groups in total. The fourth-order valence-electron chi connectivity index (χ4n) is 3.83. The molecule has 0 bridgehead atoms. The van der Waals surface area contributed by atoms with Crippen molar-refractivity contribution in [1.82, 2.24) is 4.31 Å². The van der Waals surface area contributed by atoms with E-state index in [1.807, 2.05) is 19.1 Å². The van der Waals surface area contributed by atoms with Gasteiger partial charge in [-0.15, -0.1) is 0 Å². The predicted octanol–water partition coefficient (Wildman–Crippen LogP) is 4.69. The molecule has 1 fully saturated rings. The molecule has 10 heteroatoms. The van der Waals surface area contributed by atoms with E-state index in [2.05, 4.69) is 10.2 Å². The molecule has 0 aliphatic carbocycles. The van der Waals surface area contributed by atoms with Crippen LogP contribution in [0.4, 0.5) is 20.2 Å². The van der Waals surface area contributed by atoms with E-state index in [-0.39, 0.29) is 29.2 Å². The van der Waals surface area contributed by atoms with Gasteiger partial charge in [0.05, 0.1) is 16.1 Å². The summed E-state index contributed by atoms with van der Waals surface area (Å²) < 4.78 is 55.9. The lowest BCUT2D eigenvalue weighted by Crippen LogP contribution is -2.48. The first kappa shape index (κ1) is 24.1. The Bertz CT molecular complexity index is 1340. The summed E-state index contributed by atoms with van der Waals surface area (Å²) in [7, 11) is -3.94. The molecule has 0 saturated carbocycles. The molecule has 34 heavy (non-hydrogen) atoms. The molecule has 1 heterocycles. The molecule has 0 unspecified atom stereocenters. The fraction of sp³-hybridized carbons (Fsp3) is 0.208. The molecule has 6 nitrogen and oxygen atoms in total. The third-order valence-corrected chi connectivity index (χ3v) is 7.83. The maximum absolute atomic E-state index is 14.7. The molecule has 1 aliphatic rings. The molecule has 178 valence electrons. The normalized spacial score (nSPS) is 14.8. The van der Waals surface area contributed by atoms with Gasteiger partial charge < -0.3 is 10.2 Å². The number of anilines is 2. The van der Waals surface area contributed by atoms with Crippen LogP contribution in [0.2, 0.25) is 5.02 Å². The SMILES string of the molecule is Cc1ccc(Cl)cc1N1CCN(S(=O)(=O)c2ccc(NC(=O)c3ccccc3F)c(F)c2)CC1. The lowest BCUT2D eigenvalue weighted by Gasteiger charge is -2.36. The minimum atomic E-state index is -3.94. The summed E-state index contributed by atoms with van der Waals surface area (Å²) in [5.41, 5.74) is 1.50. The monoisotopic (exact) mass is 505 g/mol. The van der Waals surface area contributed by atoms with Crippen molar-refractivity contribution in [3.63, 3.8) is 0 Å². The highest BCUT2D eigenvalue weighted by atomic mass is 35.5. The molecule has 0 spiro atoms. The second-order valence-electron chi connectivity index (χ2n) is 7.90. The van der Waals surface area contributed by atoms with Crippen LogP contribution in [-0.2, 0) is 10.0 Å². The molecular weight excluding hydrogens is 484 g/mol. The molecule has 1 amide bonds. The highest BCUT2D eigenvalue weighted by Crippen LogP contribution is 2.28. The highest BCUT2D eigenvalue weighted by Gasteiger charge is 2.30. The average molecular weight is 506 g/mol. The molecule has 3 aromatic rings. The quantitative estimate of drug-likeness (QED) is 0.546. The smallest absolute Gasteiger partial charge is 0.258 e. The van der Waals surface area contributed by atoms with Crippen molar-refractivity contribution in [3.05, 3.63) is 88.4 Å². The van der Waals surface area contributed by atoms with Crippen molar-refractivity contribution in [2.45, 2.75) is 11.8 Å². The van der Waals surface area contributed by atoms with E-state index >= 15 is 0 Å². The molecule has 4 rings (SSSR count). The first-order chi connectivity index (χ1) is 16.2. The number of piperazine rings is 1. The van der Waals surface area contributed by atoms with Crippen LogP contribution in [0.25, 0.3) is 0 Å². The molecule has 0 atom stereocenters. The second kappa shape index (κ2) is 9.69. The van der Waals surface area contributed by atoms with E-state index in [0.717, 1.165) is 29.4 Å². The zero-order valence-electron chi connectivity index (χ0n) is 18.3. The van der Waals surface area contributed by atoms with Gasteiger partial charge in [0.25, 0.3) is 5.91 Å². The molecule has 0 radical (unpaired) electrons. The minimum absolute atomic E-state index is 0.221. The van der Waals surface area contributed by atoms with E-state index in [0.29, 0.717) is 18.1 Å². The standard InChI is InChI=1S/C24H22ClF2N3O3S/c1-16-6-7-17(25)14-23(16)29-10-12-30(13-11-29)34(32,33)18-8-9-22(21(27)15-18)28-24(31)19-4-2-3-5-20(19)26/h2-9,14-15H,10-13H2,1H3,(H,28,31). The summed E-state index contributed by atoms with van der Waals surface area (Å²) in [5, 5.41) is 2.88. The molecule has 3 aromatic carbocycles. The van der Waals surface area contributed by atoms with E-state index < -0.39 is 27.6 Å². The summed E-state index contributed by atoms with van der Waals surface area (Å²) in [6.45, 7) is 3.33. The Morgan fingerprint density at radius 1 is 0.941 bits per heavy atom. The molecule has 0 aromatic heterocycles. The van der Waals surface area contributed by atoms with E-state index in [9.17, 15) is 22.0 Å². The summed E-state index contributed by atoms with van der Waals surface area (Å²) in [6, 6.07) is 14.1. The number of hydrogen-bond acceptors (Lipinski definition) is 4. The number of amides is 1. The molecular formula is C24H22ClF2N3O3S. The van der Waals surface area contributed by atoms with Crippen molar-refractivity contribution in [1.29, 1.82) is 0 Å². The van der Waals surface area contributed by atoms with Gasteiger partial charge >= 0.3 is 0 Å². The van der Waals surface area contributed by atoms with Gasteiger partial charge in [-0.05, 0) is 55.0 Å². The molecule has 1 aliphatic heterocycles. The number of carbonyl (C=O) groups is 1. The number of halogens is 3. The van der Waals surface area contributed by atoms with Crippen LogP contribution in [0.15, 0.2) is 65.6 Å². The number of nitrogens with one attached hydrogen (secondary N) is 1. The Balaban J connectivity index is 1.47. The van der Waals surface area contributed by atoms with E-state index in [1.54, 1.807) is 6.07 Å². The van der Waals surface area contributed by atoms with Crippen LogP contribution in [0, 0.1) is 18.6 Å². The Morgan fingerprint density at radius 3 is 2.32 bits per heavy atom. The Hall–Kier alpha value is -3.01. The third kappa shape index (κ3) is 4.91. The van der Waals surface area contributed by atoms with Gasteiger partial charge in [-0.1, -0.05) is 29.8 Å². The number of benzene rings is 3. The molecule has 1 saturated heterocycles. The van der Waals surface area contributed by atoms with Crippen molar-refractivity contribution in [2.75, 3.05) is 36.4 Å². The lowest BCUT2D eigenvalue weighted by atomic mass is 10.1. The van der Waals surface area contributed by atoms with Gasteiger partial charge in [-0.25, -0.2) is 17.2 Å². The largest absolute Gasteiger partial charge is 0.369 e. The summed E-state index contributed by atoms with van der Waals surface area (Å²) in [5.74, 6) is -2.51. The van der Waals surface area contributed by atoms with Crippen molar-refractivity contribution < 1.29 is 22.0 Å². The first-order valence-electron chi connectivity index (χ1n) is 10.5. The maximum Gasteiger partial charge on any atom is 0.258 e.